The molecule has 88 valence electrons. The highest BCUT2D eigenvalue weighted by atomic mass is 16.4. The number of hydrogen-bond acceptors (Lipinski definition) is 2. The van der Waals surface area contributed by atoms with Gasteiger partial charge in [-0.15, -0.1) is 0 Å². The summed E-state index contributed by atoms with van der Waals surface area (Å²) in [5.74, 6) is -1.01. The van der Waals surface area contributed by atoms with Crippen LogP contribution in [0.2, 0.25) is 0 Å². The number of hydrogen-bond donors (Lipinski definition) is 2. The minimum atomic E-state index is -1.18. The van der Waals surface area contributed by atoms with Crippen molar-refractivity contribution in [2.75, 3.05) is 0 Å². The zero-order valence-electron chi connectivity index (χ0n) is 10.1. The lowest BCUT2D eigenvalue weighted by Crippen LogP contribution is -2.38. The van der Waals surface area contributed by atoms with Crippen LogP contribution in [0, 0.1) is 5.41 Å². The molecule has 0 aromatic heterocycles. The van der Waals surface area contributed by atoms with Gasteiger partial charge in [0.1, 0.15) is 0 Å². The average Bonchev–Trinajstić information content (AvgIpc) is 2.16. The highest BCUT2D eigenvalue weighted by molar-refractivity contribution is 5.89. The van der Waals surface area contributed by atoms with Crippen LogP contribution in [0.1, 0.15) is 43.6 Å². The lowest BCUT2D eigenvalue weighted by Gasteiger charge is -2.38. The summed E-state index contributed by atoms with van der Waals surface area (Å²) in [6.07, 6.45) is 0. The van der Waals surface area contributed by atoms with Crippen LogP contribution in [-0.4, -0.2) is 16.2 Å². The fraction of sp³-hybridized carbons (Fsp3) is 0.462. The molecule has 0 aliphatic carbocycles. The SMILES string of the molecule is CC(C)(C)C(C)(O)c1ccccc1C(=O)O. The van der Waals surface area contributed by atoms with Gasteiger partial charge in [-0.2, -0.15) is 0 Å². The van der Waals surface area contributed by atoms with E-state index in [1.54, 1.807) is 25.1 Å². The van der Waals surface area contributed by atoms with E-state index in [4.69, 9.17) is 5.11 Å². The molecule has 3 heteroatoms. The molecule has 16 heavy (non-hydrogen) atoms. The van der Waals surface area contributed by atoms with E-state index < -0.39 is 17.0 Å². The molecule has 0 radical (unpaired) electrons. The summed E-state index contributed by atoms with van der Waals surface area (Å²) < 4.78 is 0. The van der Waals surface area contributed by atoms with Gasteiger partial charge in [-0.05, 0) is 24.0 Å². The zero-order valence-corrected chi connectivity index (χ0v) is 10.1. The number of benzene rings is 1. The van der Waals surface area contributed by atoms with Crippen molar-refractivity contribution in [1.82, 2.24) is 0 Å². The number of aromatic carboxylic acids is 1. The summed E-state index contributed by atoms with van der Waals surface area (Å²) in [7, 11) is 0. The predicted molar refractivity (Wildman–Crippen MR) is 62.4 cm³/mol. The quantitative estimate of drug-likeness (QED) is 0.808. The molecule has 0 saturated heterocycles. The maximum absolute atomic E-state index is 11.1. The van der Waals surface area contributed by atoms with E-state index in [0.29, 0.717) is 5.56 Å². The Balaban J connectivity index is 3.39. The van der Waals surface area contributed by atoms with Crippen molar-refractivity contribution < 1.29 is 15.0 Å². The molecule has 0 spiro atoms. The smallest absolute Gasteiger partial charge is 0.336 e. The fourth-order valence-electron chi connectivity index (χ4n) is 1.50. The molecule has 0 saturated carbocycles. The van der Waals surface area contributed by atoms with Gasteiger partial charge in [0.2, 0.25) is 0 Å². The van der Waals surface area contributed by atoms with Gasteiger partial charge in [0, 0.05) is 0 Å². The lowest BCUT2D eigenvalue weighted by atomic mass is 9.72. The molecule has 1 aromatic rings. The molecular weight excluding hydrogens is 204 g/mol. The second-order valence-electron chi connectivity index (χ2n) is 5.17. The Kier molecular flexibility index (Phi) is 3.10. The minimum absolute atomic E-state index is 0.155. The molecule has 3 nitrogen and oxygen atoms in total. The maximum Gasteiger partial charge on any atom is 0.336 e. The van der Waals surface area contributed by atoms with Crippen LogP contribution in [0.5, 0.6) is 0 Å². The minimum Gasteiger partial charge on any atom is -0.478 e. The molecule has 0 bridgehead atoms. The van der Waals surface area contributed by atoms with Gasteiger partial charge in [0.15, 0.2) is 0 Å². The van der Waals surface area contributed by atoms with Crippen LogP contribution in [0.3, 0.4) is 0 Å². The van der Waals surface area contributed by atoms with Crippen molar-refractivity contribution in [2.45, 2.75) is 33.3 Å². The van der Waals surface area contributed by atoms with Crippen LogP contribution in [0.15, 0.2) is 24.3 Å². The summed E-state index contributed by atoms with van der Waals surface area (Å²) in [6, 6.07) is 6.57. The Labute approximate surface area is 95.7 Å². The van der Waals surface area contributed by atoms with E-state index in [0.717, 1.165) is 0 Å². The van der Waals surface area contributed by atoms with Crippen molar-refractivity contribution in [3.05, 3.63) is 35.4 Å². The van der Waals surface area contributed by atoms with E-state index in [9.17, 15) is 9.90 Å². The van der Waals surface area contributed by atoms with Crippen LogP contribution < -0.4 is 0 Å². The number of aliphatic hydroxyl groups is 1. The first-order valence-corrected chi connectivity index (χ1v) is 5.23. The molecule has 1 unspecified atom stereocenters. The van der Waals surface area contributed by atoms with Crippen molar-refractivity contribution in [1.29, 1.82) is 0 Å². The van der Waals surface area contributed by atoms with Gasteiger partial charge < -0.3 is 10.2 Å². The first-order valence-electron chi connectivity index (χ1n) is 5.23. The normalized spacial score (nSPS) is 15.6. The van der Waals surface area contributed by atoms with E-state index in [1.165, 1.54) is 6.07 Å². The van der Waals surface area contributed by atoms with Crippen molar-refractivity contribution >= 4 is 5.97 Å². The number of carboxylic acids is 1. The molecule has 0 aliphatic heterocycles. The van der Waals surface area contributed by atoms with E-state index in [2.05, 4.69) is 0 Å². The van der Waals surface area contributed by atoms with Gasteiger partial charge in [-0.1, -0.05) is 39.0 Å². The van der Waals surface area contributed by atoms with Gasteiger partial charge in [-0.3, -0.25) is 0 Å². The first kappa shape index (κ1) is 12.7. The van der Waals surface area contributed by atoms with E-state index >= 15 is 0 Å². The highest BCUT2D eigenvalue weighted by Crippen LogP contribution is 2.40. The molecule has 1 rings (SSSR count). The van der Waals surface area contributed by atoms with Gasteiger partial charge in [0.25, 0.3) is 0 Å². The van der Waals surface area contributed by atoms with Crippen LogP contribution >= 0.6 is 0 Å². The van der Waals surface area contributed by atoms with Crippen molar-refractivity contribution in [2.24, 2.45) is 5.41 Å². The summed E-state index contributed by atoms with van der Waals surface area (Å²) in [6.45, 7) is 7.29. The molecule has 0 aliphatic rings. The number of rotatable bonds is 2. The average molecular weight is 222 g/mol. The standard InChI is InChI=1S/C13H18O3/c1-12(2,3)13(4,16)10-8-6-5-7-9(10)11(14)15/h5-8,16H,1-4H3,(H,14,15). The summed E-state index contributed by atoms with van der Waals surface area (Å²) in [5.41, 5.74) is -1.00. The molecule has 1 aromatic carbocycles. The fourth-order valence-corrected chi connectivity index (χ4v) is 1.50. The molecule has 1 atom stereocenters. The summed E-state index contributed by atoms with van der Waals surface area (Å²) in [4.78, 5) is 11.1. The molecule has 0 heterocycles. The summed E-state index contributed by atoms with van der Waals surface area (Å²) >= 11 is 0. The Hall–Kier alpha value is -1.35. The van der Waals surface area contributed by atoms with Gasteiger partial charge in [-0.25, -0.2) is 4.79 Å². The second kappa shape index (κ2) is 3.91. The third-order valence-electron chi connectivity index (χ3n) is 3.14. The Morgan fingerprint density at radius 1 is 1.12 bits per heavy atom. The monoisotopic (exact) mass is 222 g/mol. The van der Waals surface area contributed by atoms with Crippen LogP contribution in [0.4, 0.5) is 0 Å². The van der Waals surface area contributed by atoms with Gasteiger partial charge >= 0.3 is 5.97 Å². The van der Waals surface area contributed by atoms with Crippen molar-refractivity contribution in [3.8, 4) is 0 Å². The van der Waals surface area contributed by atoms with Crippen molar-refractivity contribution in [3.63, 3.8) is 0 Å². The molecule has 0 fully saturated rings. The number of carbonyl (C=O) groups is 1. The maximum atomic E-state index is 11.1. The van der Waals surface area contributed by atoms with Crippen LogP contribution in [-0.2, 0) is 5.60 Å². The lowest BCUT2D eigenvalue weighted by molar-refractivity contribution is -0.0477. The molecule has 2 N–H and O–H groups in total. The second-order valence-corrected chi connectivity index (χ2v) is 5.17. The third kappa shape index (κ3) is 2.09. The highest BCUT2D eigenvalue weighted by Gasteiger charge is 2.39. The Bertz CT molecular complexity index is 400. The topological polar surface area (TPSA) is 57.5 Å². The van der Waals surface area contributed by atoms with Crippen LogP contribution in [0.25, 0.3) is 0 Å². The largest absolute Gasteiger partial charge is 0.478 e. The first-order chi connectivity index (χ1) is 7.18. The van der Waals surface area contributed by atoms with E-state index in [-0.39, 0.29) is 5.56 Å². The molecular formula is C13H18O3. The third-order valence-corrected chi connectivity index (χ3v) is 3.14. The Morgan fingerprint density at radius 3 is 2.06 bits per heavy atom. The number of carboxylic acid groups (broad SMARTS) is 1. The predicted octanol–water partition coefficient (Wildman–Crippen LogP) is 2.64. The summed E-state index contributed by atoms with van der Waals surface area (Å²) in [5, 5.41) is 19.6. The zero-order chi connectivity index (χ0) is 12.6. The van der Waals surface area contributed by atoms with E-state index in [1.807, 2.05) is 20.8 Å². The van der Waals surface area contributed by atoms with Gasteiger partial charge in [0.05, 0.1) is 11.2 Å². The Morgan fingerprint density at radius 2 is 1.62 bits per heavy atom. The molecule has 0 amide bonds.